The molecule has 1 aliphatic rings. The van der Waals surface area contributed by atoms with E-state index in [1.54, 1.807) is 0 Å². The van der Waals surface area contributed by atoms with E-state index in [2.05, 4.69) is 10.6 Å². The van der Waals surface area contributed by atoms with Crippen molar-refractivity contribution < 1.29 is 9.53 Å². The van der Waals surface area contributed by atoms with Gasteiger partial charge in [0.15, 0.2) is 0 Å². The second-order valence-electron chi connectivity index (χ2n) is 5.89. The molecule has 0 radical (unpaired) electrons. The summed E-state index contributed by atoms with van der Waals surface area (Å²) in [4.78, 5) is 12.1. The highest BCUT2D eigenvalue weighted by molar-refractivity contribution is 5.82. The van der Waals surface area contributed by atoms with E-state index in [1.165, 1.54) is 0 Å². The van der Waals surface area contributed by atoms with Crippen LogP contribution in [0.15, 0.2) is 48.5 Å². The average Bonchev–Trinajstić information content (AvgIpc) is 3.09. The Hall–Kier alpha value is -2.33. The van der Waals surface area contributed by atoms with Crippen molar-refractivity contribution in [2.24, 2.45) is 0 Å². The number of para-hydroxylation sites is 1. The normalized spacial score (nSPS) is 17.0. The number of amides is 1. The minimum Gasteiger partial charge on any atom is -0.457 e. The Balaban J connectivity index is 1.69. The molecule has 0 bridgehead atoms. The quantitative estimate of drug-likeness (QED) is 0.892. The van der Waals surface area contributed by atoms with Crippen LogP contribution in [0.1, 0.15) is 24.0 Å². The lowest BCUT2D eigenvalue weighted by molar-refractivity contribution is -0.122. The minimum atomic E-state index is -0.0565. The molecule has 4 nitrogen and oxygen atoms in total. The standard InChI is InChI=1S/C19H22N2O2/c1-14-9-10-15(13-21-19(22)17-8-5-11-20-17)18(12-14)23-16-6-3-2-4-7-16/h2-4,6-7,9-10,12,17,20H,5,8,11,13H2,1H3,(H,21,22). The van der Waals surface area contributed by atoms with Gasteiger partial charge in [-0.3, -0.25) is 4.79 Å². The van der Waals surface area contributed by atoms with Crippen molar-refractivity contribution in [3.63, 3.8) is 0 Å². The first-order chi connectivity index (χ1) is 11.2. The van der Waals surface area contributed by atoms with Crippen molar-refractivity contribution in [2.75, 3.05) is 6.54 Å². The third-order valence-electron chi connectivity index (χ3n) is 4.02. The largest absolute Gasteiger partial charge is 0.457 e. The van der Waals surface area contributed by atoms with E-state index in [-0.39, 0.29) is 11.9 Å². The number of hydrogen-bond donors (Lipinski definition) is 2. The van der Waals surface area contributed by atoms with Crippen molar-refractivity contribution in [1.82, 2.24) is 10.6 Å². The van der Waals surface area contributed by atoms with E-state index < -0.39 is 0 Å². The van der Waals surface area contributed by atoms with E-state index in [1.807, 2.05) is 55.5 Å². The van der Waals surface area contributed by atoms with Crippen molar-refractivity contribution in [3.05, 3.63) is 59.7 Å². The molecular weight excluding hydrogens is 288 g/mol. The van der Waals surface area contributed by atoms with E-state index in [4.69, 9.17) is 4.74 Å². The van der Waals surface area contributed by atoms with Crippen molar-refractivity contribution in [2.45, 2.75) is 32.4 Å². The van der Waals surface area contributed by atoms with Crippen LogP contribution in [-0.2, 0) is 11.3 Å². The Morgan fingerprint density at radius 1 is 1.26 bits per heavy atom. The molecule has 23 heavy (non-hydrogen) atoms. The Bertz CT molecular complexity index is 664. The summed E-state index contributed by atoms with van der Waals surface area (Å²) in [6.07, 6.45) is 1.97. The first-order valence-corrected chi connectivity index (χ1v) is 8.06. The molecule has 0 aliphatic carbocycles. The number of aryl methyl sites for hydroxylation is 1. The van der Waals surface area contributed by atoms with Gasteiger partial charge in [-0.1, -0.05) is 30.3 Å². The van der Waals surface area contributed by atoms with Gasteiger partial charge in [0.25, 0.3) is 0 Å². The van der Waals surface area contributed by atoms with E-state index >= 15 is 0 Å². The fraction of sp³-hybridized carbons (Fsp3) is 0.316. The van der Waals surface area contributed by atoms with Crippen LogP contribution >= 0.6 is 0 Å². The van der Waals surface area contributed by atoms with E-state index in [0.29, 0.717) is 6.54 Å². The lowest BCUT2D eigenvalue weighted by Crippen LogP contribution is -2.40. The van der Waals surface area contributed by atoms with Gasteiger partial charge in [0.05, 0.1) is 6.04 Å². The second kappa shape index (κ2) is 7.29. The van der Waals surface area contributed by atoms with Crippen molar-refractivity contribution >= 4 is 5.91 Å². The summed E-state index contributed by atoms with van der Waals surface area (Å²) in [5, 5.41) is 6.22. The minimum absolute atomic E-state index is 0.0565. The smallest absolute Gasteiger partial charge is 0.237 e. The summed E-state index contributed by atoms with van der Waals surface area (Å²) < 4.78 is 5.98. The third kappa shape index (κ3) is 4.11. The molecule has 4 heteroatoms. The first-order valence-electron chi connectivity index (χ1n) is 8.06. The molecule has 120 valence electrons. The first kappa shape index (κ1) is 15.6. The molecular formula is C19H22N2O2. The zero-order chi connectivity index (χ0) is 16.1. The molecule has 1 aliphatic heterocycles. The fourth-order valence-corrected chi connectivity index (χ4v) is 2.73. The fourth-order valence-electron chi connectivity index (χ4n) is 2.73. The zero-order valence-corrected chi connectivity index (χ0v) is 13.3. The molecule has 1 amide bonds. The zero-order valence-electron chi connectivity index (χ0n) is 13.3. The predicted octanol–water partition coefficient (Wildman–Crippen LogP) is 3.16. The lowest BCUT2D eigenvalue weighted by atomic mass is 10.1. The molecule has 1 atom stereocenters. The Morgan fingerprint density at radius 2 is 2.09 bits per heavy atom. The van der Waals surface area contributed by atoms with Crippen LogP contribution < -0.4 is 15.4 Å². The molecule has 1 saturated heterocycles. The topological polar surface area (TPSA) is 50.4 Å². The molecule has 3 rings (SSSR count). The molecule has 0 saturated carbocycles. The number of carbonyl (C=O) groups is 1. The van der Waals surface area contributed by atoms with Gasteiger partial charge in [0.1, 0.15) is 11.5 Å². The van der Waals surface area contributed by atoms with Crippen molar-refractivity contribution in [3.8, 4) is 11.5 Å². The number of rotatable bonds is 5. The summed E-state index contributed by atoms with van der Waals surface area (Å²) in [5.41, 5.74) is 2.11. The molecule has 2 aromatic carbocycles. The van der Waals surface area contributed by atoms with Gasteiger partial charge in [0, 0.05) is 12.1 Å². The number of benzene rings is 2. The average molecular weight is 310 g/mol. The SMILES string of the molecule is Cc1ccc(CNC(=O)C2CCCN2)c(Oc2ccccc2)c1. The van der Waals surface area contributed by atoms with E-state index in [0.717, 1.165) is 42.0 Å². The van der Waals surface area contributed by atoms with Gasteiger partial charge in [-0.25, -0.2) is 0 Å². The molecule has 1 unspecified atom stereocenters. The molecule has 1 heterocycles. The van der Waals surface area contributed by atoms with Crippen LogP contribution in [0.4, 0.5) is 0 Å². The van der Waals surface area contributed by atoms with E-state index in [9.17, 15) is 4.79 Å². The number of ether oxygens (including phenoxy) is 1. The number of carbonyl (C=O) groups excluding carboxylic acids is 1. The maximum absolute atomic E-state index is 12.1. The summed E-state index contributed by atoms with van der Waals surface area (Å²) >= 11 is 0. The molecule has 2 aromatic rings. The summed E-state index contributed by atoms with van der Waals surface area (Å²) in [6.45, 7) is 3.42. The van der Waals surface area contributed by atoms with Crippen LogP contribution in [0.5, 0.6) is 11.5 Å². The maximum atomic E-state index is 12.1. The summed E-state index contributed by atoms with van der Waals surface area (Å²) in [6, 6.07) is 15.7. The van der Waals surface area contributed by atoms with Gasteiger partial charge in [-0.15, -0.1) is 0 Å². The highest BCUT2D eigenvalue weighted by atomic mass is 16.5. The van der Waals surface area contributed by atoms with Gasteiger partial charge >= 0.3 is 0 Å². The number of hydrogen-bond acceptors (Lipinski definition) is 3. The Morgan fingerprint density at radius 3 is 2.83 bits per heavy atom. The van der Waals surface area contributed by atoms with Crippen LogP contribution in [0.25, 0.3) is 0 Å². The summed E-state index contributed by atoms with van der Waals surface area (Å²) in [5.74, 6) is 1.65. The second-order valence-corrected chi connectivity index (χ2v) is 5.89. The highest BCUT2D eigenvalue weighted by Gasteiger charge is 2.21. The lowest BCUT2D eigenvalue weighted by Gasteiger charge is -2.15. The van der Waals surface area contributed by atoms with Crippen LogP contribution in [-0.4, -0.2) is 18.5 Å². The predicted molar refractivity (Wildman–Crippen MR) is 90.6 cm³/mol. The van der Waals surface area contributed by atoms with Gasteiger partial charge in [0.2, 0.25) is 5.91 Å². The van der Waals surface area contributed by atoms with Gasteiger partial charge < -0.3 is 15.4 Å². The Kier molecular flexibility index (Phi) is 4.93. The van der Waals surface area contributed by atoms with Crippen molar-refractivity contribution in [1.29, 1.82) is 0 Å². The number of nitrogens with one attached hydrogen (secondary N) is 2. The summed E-state index contributed by atoms with van der Waals surface area (Å²) in [7, 11) is 0. The molecule has 1 fully saturated rings. The van der Waals surface area contributed by atoms with Gasteiger partial charge in [-0.05, 0) is 50.1 Å². The Labute approximate surface area is 136 Å². The third-order valence-corrected chi connectivity index (χ3v) is 4.02. The molecule has 2 N–H and O–H groups in total. The maximum Gasteiger partial charge on any atom is 0.237 e. The van der Waals surface area contributed by atoms with Crippen LogP contribution in [0.3, 0.4) is 0 Å². The monoisotopic (exact) mass is 310 g/mol. The molecule has 0 aromatic heterocycles. The highest BCUT2D eigenvalue weighted by Crippen LogP contribution is 2.26. The van der Waals surface area contributed by atoms with Crippen LogP contribution in [0, 0.1) is 6.92 Å². The molecule has 0 spiro atoms. The van der Waals surface area contributed by atoms with Crippen LogP contribution in [0.2, 0.25) is 0 Å². The van der Waals surface area contributed by atoms with Gasteiger partial charge in [-0.2, -0.15) is 0 Å².